The fourth-order valence-electron chi connectivity index (χ4n) is 3.24. The molecule has 1 unspecified atom stereocenters. The number of aromatic nitrogens is 3. The van der Waals surface area contributed by atoms with E-state index in [9.17, 15) is 25.8 Å². The van der Waals surface area contributed by atoms with Crippen molar-refractivity contribution < 1.29 is 34.8 Å². The van der Waals surface area contributed by atoms with Gasteiger partial charge in [-0.2, -0.15) is 17.5 Å². The number of ether oxygens (including phenoxy) is 1. The second-order valence-electron chi connectivity index (χ2n) is 7.13. The molecule has 0 radical (unpaired) electrons. The molecule has 0 N–H and O–H groups in total. The molecule has 1 fully saturated rings. The van der Waals surface area contributed by atoms with E-state index in [1.807, 2.05) is 0 Å². The fourth-order valence-corrected chi connectivity index (χ4v) is 5.97. The third-order valence-corrected chi connectivity index (χ3v) is 8.85. The van der Waals surface area contributed by atoms with E-state index in [0.717, 1.165) is 12.4 Å². The third-order valence-electron chi connectivity index (χ3n) is 4.94. The highest BCUT2D eigenvalue weighted by Crippen LogP contribution is 2.30. The largest absolute Gasteiger partial charge is 0.449 e. The summed E-state index contributed by atoms with van der Waals surface area (Å²) < 4.78 is 88.0. The molecule has 2 aliphatic rings. The zero-order valence-corrected chi connectivity index (χ0v) is 18.5. The SMILES string of the molecule is CCS(=O)(=O)c1cc(N=S2(=O)CCOCC2)cnc1C1C=[n+]2cnc(C(F)(F)F)cc2=N1. The highest BCUT2D eigenvalue weighted by Gasteiger charge is 2.37. The summed E-state index contributed by atoms with van der Waals surface area (Å²) in [6, 6.07) is 1.13. The smallest absolute Gasteiger partial charge is 0.379 e. The first-order valence-corrected chi connectivity index (χ1v) is 13.1. The van der Waals surface area contributed by atoms with Gasteiger partial charge in [-0.05, 0) is 6.07 Å². The predicted molar refractivity (Wildman–Crippen MR) is 106 cm³/mol. The monoisotopic (exact) mass is 490 g/mol. The van der Waals surface area contributed by atoms with Gasteiger partial charge < -0.3 is 4.74 Å². The zero-order chi connectivity index (χ0) is 23.1. The van der Waals surface area contributed by atoms with Crippen LogP contribution in [0.4, 0.5) is 18.9 Å². The Kier molecular flexibility index (Phi) is 5.79. The summed E-state index contributed by atoms with van der Waals surface area (Å²) in [4.78, 5) is 11.6. The fraction of sp³-hybridized carbons (Fsp3) is 0.444. The van der Waals surface area contributed by atoms with Gasteiger partial charge in [0.1, 0.15) is 5.69 Å². The Bertz CT molecular complexity index is 1410. The molecule has 1 saturated heterocycles. The van der Waals surface area contributed by atoms with Gasteiger partial charge in [-0.15, -0.1) is 9.98 Å². The van der Waals surface area contributed by atoms with Gasteiger partial charge in [0.05, 0.1) is 69.3 Å². The van der Waals surface area contributed by atoms with Crippen LogP contribution in [0.5, 0.6) is 0 Å². The number of fused-ring (bicyclic) bond motifs is 1. The Balaban J connectivity index is 1.81. The summed E-state index contributed by atoms with van der Waals surface area (Å²) in [6.45, 7) is 2.06. The first-order chi connectivity index (χ1) is 15.0. The van der Waals surface area contributed by atoms with E-state index in [0.29, 0.717) is 13.2 Å². The number of rotatable bonds is 4. The van der Waals surface area contributed by atoms with Crippen LogP contribution >= 0.6 is 0 Å². The molecular weight excluding hydrogens is 471 g/mol. The summed E-state index contributed by atoms with van der Waals surface area (Å²) in [7, 11) is -6.38. The maximum atomic E-state index is 13.0. The Morgan fingerprint density at radius 3 is 2.62 bits per heavy atom. The number of sulfone groups is 1. The second kappa shape index (κ2) is 8.15. The molecule has 0 aliphatic carbocycles. The Hall–Kier alpha value is -2.45. The van der Waals surface area contributed by atoms with Crippen LogP contribution < -0.4 is 9.73 Å². The van der Waals surface area contributed by atoms with Crippen LogP contribution in [-0.4, -0.2) is 53.1 Å². The van der Waals surface area contributed by atoms with Crippen molar-refractivity contribution in [3.05, 3.63) is 47.7 Å². The molecule has 4 heterocycles. The molecule has 172 valence electrons. The maximum Gasteiger partial charge on any atom is 0.449 e. The number of hydrogen-bond acceptors (Lipinski definition) is 8. The Morgan fingerprint density at radius 2 is 1.97 bits per heavy atom. The standard InChI is InChI=1S/C18H19F3N5O4S2/c1-2-32(28,29)14-7-12(25-31(27)5-3-30-4-6-31)9-22-17(14)13-10-26-11-23-15(18(19,20)21)8-16(26)24-13/h7-11,13H,2-6H2,1H3/q+1. The summed E-state index contributed by atoms with van der Waals surface area (Å²) >= 11 is 0. The minimum absolute atomic E-state index is 0.0297. The van der Waals surface area contributed by atoms with E-state index >= 15 is 0 Å². The van der Waals surface area contributed by atoms with Gasteiger partial charge in [-0.1, -0.05) is 6.92 Å². The lowest BCUT2D eigenvalue weighted by molar-refractivity contribution is -0.527. The van der Waals surface area contributed by atoms with E-state index in [-0.39, 0.29) is 39.0 Å². The van der Waals surface area contributed by atoms with Gasteiger partial charge in [0, 0.05) is 0 Å². The number of pyridine rings is 1. The van der Waals surface area contributed by atoms with E-state index < -0.39 is 37.5 Å². The van der Waals surface area contributed by atoms with Crippen LogP contribution in [0.3, 0.4) is 0 Å². The molecule has 0 amide bonds. The van der Waals surface area contributed by atoms with Crippen LogP contribution in [-0.2, 0) is 30.5 Å². The molecule has 32 heavy (non-hydrogen) atoms. The van der Waals surface area contributed by atoms with Gasteiger partial charge in [0.25, 0.3) is 5.49 Å². The number of nitrogens with zero attached hydrogens (tertiary/aromatic N) is 5. The average Bonchev–Trinajstić information content (AvgIpc) is 3.16. The molecule has 0 spiro atoms. The molecule has 4 rings (SSSR count). The molecule has 0 bridgehead atoms. The highest BCUT2D eigenvalue weighted by molar-refractivity contribution is 7.93. The van der Waals surface area contributed by atoms with Crippen LogP contribution in [0.25, 0.3) is 0 Å². The van der Waals surface area contributed by atoms with E-state index in [2.05, 4.69) is 19.3 Å². The van der Waals surface area contributed by atoms with Crippen molar-refractivity contribution in [2.75, 3.05) is 30.5 Å². The predicted octanol–water partition coefficient (Wildman–Crippen LogP) is 1.09. The molecule has 2 aromatic rings. The minimum Gasteiger partial charge on any atom is -0.379 e. The lowest BCUT2D eigenvalue weighted by atomic mass is 10.2. The van der Waals surface area contributed by atoms with Gasteiger partial charge >= 0.3 is 6.18 Å². The van der Waals surface area contributed by atoms with Gasteiger partial charge in [-0.3, -0.25) is 4.98 Å². The second-order valence-corrected chi connectivity index (χ2v) is 11.9. The number of hydrogen-bond donors (Lipinski definition) is 0. The average molecular weight is 491 g/mol. The summed E-state index contributed by atoms with van der Waals surface area (Å²) in [5, 5.41) is 0. The first-order valence-electron chi connectivity index (χ1n) is 9.58. The molecule has 9 nitrogen and oxygen atoms in total. The molecule has 0 saturated carbocycles. The Labute approximate surface area is 181 Å². The molecule has 14 heteroatoms. The van der Waals surface area contributed by atoms with Gasteiger partial charge in [-0.25, -0.2) is 16.9 Å². The lowest BCUT2D eigenvalue weighted by Crippen LogP contribution is -2.36. The quantitative estimate of drug-likeness (QED) is 0.593. The number of halogens is 3. The van der Waals surface area contributed by atoms with Crippen LogP contribution in [0.2, 0.25) is 0 Å². The molecule has 0 aromatic carbocycles. The van der Waals surface area contributed by atoms with Crippen LogP contribution in [0.1, 0.15) is 24.4 Å². The third kappa shape index (κ3) is 4.52. The number of alkyl halides is 3. The van der Waals surface area contributed by atoms with E-state index in [1.165, 1.54) is 29.6 Å². The molecule has 1 atom stereocenters. The molecule has 2 aromatic heterocycles. The van der Waals surface area contributed by atoms with Crippen molar-refractivity contribution in [3.63, 3.8) is 0 Å². The maximum absolute atomic E-state index is 13.0. The zero-order valence-electron chi connectivity index (χ0n) is 16.8. The molecular formula is C18H19F3N5O4S2+. The van der Waals surface area contributed by atoms with Crippen molar-refractivity contribution >= 4 is 25.3 Å². The van der Waals surface area contributed by atoms with Crippen LogP contribution in [0.15, 0.2) is 38.9 Å². The summed E-state index contributed by atoms with van der Waals surface area (Å²) in [5.74, 6) is 0.231. The first kappa shape index (κ1) is 22.7. The summed E-state index contributed by atoms with van der Waals surface area (Å²) in [5.41, 5.74) is -0.940. The topological polar surface area (TPSA) is 117 Å². The van der Waals surface area contributed by atoms with Crippen LogP contribution in [0, 0.1) is 6.21 Å². The highest BCUT2D eigenvalue weighted by atomic mass is 32.2. The van der Waals surface area contributed by atoms with Crippen molar-refractivity contribution in [2.45, 2.75) is 24.0 Å². The summed E-state index contributed by atoms with van der Waals surface area (Å²) in [6.07, 6.45) is -0.950. The van der Waals surface area contributed by atoms with Gasteiger partial charge in [0.15, 0.2) is 9.84 Å². The normalized spacial score (nSPS) is 20.2. The van der Waals surface area contributed by atoms with Crippen molar-refractivity contribution in [2.24, 2.45) is 9.36 Å². The van der Waals surface area contributed by atoms with E-state index in [1.54, 1.807) is 0 Å². The minimum atomic E-state index is -4.64. The Morgan fingerprint density at radius 1 is 1.25 bits per heavy atom. The van der Waals surface area contributed by atoms with Crippen molar-refractivity contribution in [1.29, 1.82) is 0 Å². The van der Waals surface area contributed by atoms with Crippen molar-refractivity contribution in [3.8, 4) is 0 Å². The van der Waals surface area contributed by atoms with E-state index in [4.69, 9.17) is 4.74 Å². The lowest BCUT2D eigenvalue weighted by Gasteiger charge is -2.16. The van der Waals surface area contributed by atoms with Crippen molar-refractivity contribution in [1.82, 2.24) is 9.97 Å². The molecule has 2 aliphatic heterocycles. The van der Waals surface area contributed by atoms with Gasteiger partial charge in [0.2, 0.25) is 18.1 Å².